The number of carbonyl (C=O) groups excluding carboxylic acids is 2. The summed E-state index contributed by atoms with van der Waals surface area (Å²) in [5.74, 6) is 0.953. The SMILES string of the molecule is COc1ccc(OC(C)C(=O)N2CCCC2)c(C=O)c1. The number of rotatable bonds is 5. The van der Waals surface area contributed by atoms with Crippen molar-refractivity contribution >= 4 is 12.2 Å². The standard InChI is InChI=1S/C15H19NO4/c1-11(15(18)16-7-3-4-8-16)20-14-6-5-13(19-2)9-12(14)10-17/h5-6,9-11H,3-4,7-8H2,1-2H3. The third kappa shape index (κ3) is 3.10. The first-order valence-electron chi connectivity index (χ1n) is 6.74. The molecule has 0 aromatic heterocycles. The number of hydrogen-bond acceptors (Lipinski definition) is 4. The van der Waals surface area contributed by atoms with Crippen LogP contribution in [0.1, 0.15) is 30.1 Å². The minimum absolute atomic E-state index is 0.0323. The maximum absolute atomic E-state index is 12.2. The van der Waals surface area contributed by atoms with E-state index in [0.717, 1.165) is 25.9 Å². The Morgan fingerprint density at radius 3 is 2.65 bits per heavy atom. The van der Waals surface area contributed by atoms with Gasteiger partial charge in [-0.3, -0.25) is 9.59 Å². The lowest BCUT2D eigenvalue weighted by atomic mass is 10.2. The quantitative estimate of drug-likeness (QED) is 0.771. The maximum atomic E-state index is 12.2. The van der Waals surface area contributed by atoms with Crippen LogP contribution in [0.3, 0.4) is 0 Å². The normalized spacial score (nSPS) is 15.8. The van der Waals surface area contributed by atoms with Gasteiger partial charge in [-0.1, -0.05) is 0 Å². The average molecular weight is 277 g/mol. The monoisotopic (exact) mass is 277 g/mol. The van der Waals surface area contributed by atoms with Gasteiger partial charge in [-0.2, -0.15) is 0 Å². The number of likely N-dealkylation sites (tertiary alicyclic amines) is 1. The van der Waals surface area contributed by atoms with Crippen molar-refractivity contribution in [1.29, 1.82) is 0 Å². The van der Waals surface area contributed by atoms with E-state index in [1.807, 2.05) is 0 Å². The fourth-order valence-electron chi connectivity index (χ4n) is 2.29. The maximum Gasteiger partial charge on any atom is 0.263 e. The second-order valence-electron chi connectivity index (χ2n) is 4.81. The lowest BCUT2D eigenvalue weighted by Crippen LogP contribution is -2.38. The molecule has 5 heteroatoms. The van der Waals surface area contributed by atoms with E-state index in [0.29, 0.717) is 23.3 Å². The van der Waals surface area contributed by atoms with Crippen LogP contribution in [0, 0.1) is 0 Å². The lowest BCUT2D eigenvalue weighted by molar-refractivity contribution is -0.136. The van der Waals surface area contributed by atoms with Crippen LogP contribution in [-0.2, 0) is 4.79 Å². The molecule has 0 aliphatic carbocycles. The summed E-state index contributed by atoms with van der Waals surface area (Å²) in [6, 6.07) is 4.95. The van der Waals surface area contributed by atoms with Crippen molar-refractivity contribution in [3.63, 3.8) is 0 Å². The van der Waals surface area contributed by atoms with Crippen molar-refractivity contribution in [2.45, 2.75) is 25.9 Å². The second kappa shape index (κ2) is 6.41. The highest BCUT2D eigenvalue weighted by Crippen LogP contribution is 2.24. The van der Waals surface area contributed by atoms with Crippen molar-refractivity contribution in [2.24, 2.45) is 0 Å². The van der Waals surface area contributed by atoms with Crippen LogP contribution in [0.2, 0.25) is 0 Å². The molecule has 20 heavy (non-hydrogen) atoms. The number of carbonyl (C=O) groups is 2. The first-order valence-corrected chi connectivity index (χ1v) is 6.74. The van der Waals surface area contributed by atoms with Crippen molar-refractivity contribution in [3.8, 4) is 11.5 Å². The Bertz CT molecular complexity index is 495. The predicted octanol–water partition coefficient (Wildman–Crippen LogP) is 1.90. The molecule has 1 aromatic carbocycles. The number of benzene rings is 1. The zero-order valence-corrected chi connectivity index (χ0v) is 11.8. The molecular weight excluding hydrogens is 258 g/mol. The van der Waals surface area contributed by atoms with E-state index in [9.17, 15) is 9.59 Å². The summed E-state index contributed by atoms with van der Waals surface area (Å²) in [5, 5.41) is 0. The molecule has 1 fully saturated rings. The van der Waals surface area contributed by atoms with E-state index >= 15 is 0 Å². The van der Waals surface area contributed by atoms with Crippen LogP contribution in [0.25, 0.3) is 0 Å². The van der Waals surface area contributed by atoms with E-state index in [-0.39, 0.29) is 5.91 Å². The van der Waals surface area contributed by atoms with Gasteiger partial charge in [0, 0.05) is 13.1 Å². The Labute approximate surface area is 118 Å². The summed E-state index contributed by atoms with van der Waals surface area (Å²) in [7, 11) is 1.53. The number of aldehydes is 1. The molecule has 1 heterocycles. The minimum Gasteiger partial charge on any atom is -0.497 e. The molecule has 0 bridgehead atoms. The minimum atomic E-state index is -0.597. The molecule has 1 aromatic rings. The highest BCUT2D eigenvalue weighted by atomic mass is 16.5. The van der Waals surface area contributed by atoms with Crippen LogP contribution >= 0.6 is 0 Å². The van der Waals surface area contributed by atoms with Gasteiger partial charge in [0.05, 0.1) is 12.7 Å². The molecule has 1 atom stereocenters. The molecule has 1 amide bonds. The lowest BCUT2D eigenvalue weighted by Gasteiger charge is -2.21. The van der Waals surface area contributed by atoms with Crippen LogP contribution in [0.5, 0.6) is 11.5 Å². The summed E-state index contributed by atoms with van der Waals surface area (Å²) < 4.78 is 10.7. The molecule has 5 nitrogen and oxygen atoms in total. The van der Waals surface area contributed by atoms with E-state index in [4.69, 9.17) is 9.47 Å². The topological polar surface area (TPSA) is 55.8 Å². The molecular formula is C15H19NO4. The van der Waals surface area contributed by atoms with Gasteiger partial charge in [-0.15, -0.1) is 0 Å². The van der Waals surface area contributed by atoms with E-state index in [1.54, 1.807) is 30.0 Å². The van der Waals surface area contributed by atoms with E-state index in [2.05, 4.69) is 0 Å². The molecule has 2 rings (SSSR count). The van der Waals surface area contributed by atoms with Gasteiger partial charge in [-0.05, 0) is 38.0 Å². The highest BCUT2D eigenvalue weighted by Gasteiger charge is 2.25. The van der Waals surface area contributed by atoms with Crippen molar-refractivity contribution in [2.75, 3.05) is 20.2 Å². The van der Waals surface area contributed by atoms with Gasteiger partial charge in [-0.25, -0.2) is 0 Å². The third-order valence-electron chi connectivity index (χ3n) is 3.41. The van der Waals surface area contributed by atoms with Gasteiger partial charge in [0.25, 0.3) is 5.91 Å². The van der Waals surface area contributed by atoms with Crippen LogP contribution < -0.4 is 9.47 Å². The Morgan fingerprint density at radius 1 is 1.35 bits per heavy atom. The van der Waals surface area contributed by atoms with Crippen LogP contribution in [-0.4, -0.2) is 43.4 Å². The van der Waals surface area contributed by atoms with Crippen LogP contribution in [0.4, 0.5) is 0 Å². The molecule has 108 valence electrons. The number of amides is 1. The Balaban J connectivity index is 2.08. The number of methoxy groups -OCH3 is 1. The Morgan fingerprint density at radius 2 is 2.05 bits per heavy atom. The van der Waals surface area contributed by atoms with Gasteiger partial charge in [0.2, 0.25) is 0 Å². The van der Waals surface area contributed by atoms with Gasteiger partial charge < -0.3 is 14.4 Å². The van der Waals surface area contributed by atoms with Crippen molar-refractivity contribution in [3.05, 3.63) is 23.8 Å². The summed E-state index contributed by atoms with van der Waals surface area (Å²) in [4.78, 5) is 25.0. The first kappa shape index (κ1) is 14.4. The van der Waals surface area contributed by atoms with Gasteiger partial charge in [0.1, 0.15) is 11.5 Å². The van der Waals surface area contributed by atoms with E-state index < -0.39 is 6.10 Å². The molecule has 0 radical (unpaired) electrons. The highest BCUT2D eigenvalue weighted by molar-refractivity contribution is 5.83. The number of ether oxygens (including phenoxy) is 2. The molecule has 1 unspecified atom stereocenters. The fourth-order valence-corrected chi connectivity index (χ4v) is 2.29. The van der Waals surface area contributed by atoms with Gasteiger partial charge >= 0.3 is 0 Å². The summed E-state index contributed by atoms with van der Waals surface area (Å²) in [5.41, 5.74) is 0.380. The fraction of sp³-hybridized carbons (Fsp3) is 0.467. The molecule has 1 aliphatic heterocycles. The third-order valence-corrected chi connectivity index (χ3v) is 3.41. The number of hydrogen-bond donors (Lipinski definition) is 0. The zero-order valence-electron chi connectivity index (χ0n) is 11.8. The first-order chi connectivity index (χ1) is 9.65. The van der Waals surface area contributed by atoms with E-state index in [1.165, 1.54) is 7.11 Å². The van der Waals surface area contributed by atoms with Gasteiger partial charge in [0.15, 0.2) is 12.4 Å². The average Bonchev–Trinajstić information content (AvgIpc) is 3.00. The molecule has 1 aliphatic rings. The molecule has 0 spiro atoms. The second-order valence-corrected chi connectivity index (χ2v) is 4.81. The van der Waals surface area contributed by atoms with Crippen LogP contribution in [0.15, 0.2) is 18.2 Å². The molecule has 0 N–H and O–H groups in total. The summed E-state index contributed by atoms with van der Waals surface area (Å²) >= 11 is 0. The Kier molecular flexibility index (Phi) is 4.61. The molecule has 1 saturated heterocycles. The predicted molar refractivity (Wildman–Crippen MR) is 74.3 cm³/mol. The Hall–Kier alpha value is -2.04. The molecule has 0 saturated carbocycles. The van der Waals surface area contributed by atoms with Crippen molar-refractivity contribution in [1.82, 2.24) is 4.90 Å². The summed E-state index contributed by atoms with van der Waals surface area (Å²) in [6.45, 7) is 3.28. The smallest absolute Gasteiger partial charge is 0.263 e. The largest absolute Gasteiger partial charge is 0.497 e. The summed E-state index contributed by atoms with van der Waals surface area (Å²) in [6.07, 6.45) is 2.19. The number of nitrogens with zero attached hydrogens (tertiary/aromatic N) is 1. The zero-order chi connectivity index (χ0) is 14.5. The van der Waals surface area contributed by atoms with Crippen molar-refractivity contribution < 1.29 is 19.1 Å².